The second-order valence-corrected chi connectivity index (χ2v) is 6.87. The summed E-state index contributed by atoms with van der Waals surface area (Å²) in [7, 11) is 0. The van der Waals surface area contributed by atoms with Crippen LogP contribution in [-0.2, 0) is 4.79 Å². The lowest BCUT2D eigenvalue weighted by Crippen LogP contribution is -2.42. The average Bonchev–Trinajstić information content (AvgIpc) is 2.60. The average molecular weight is 356 g/mol. The summed E-state index contributed by atoms with van der Waals surface area (Å²) >= 11 is 0. The van der Waals surface area contributed by atoms with Gasteiger partial charge in [-0.1, -0.05) is 24.3 Å². The molecule has 1 saturated heterocycles. The van der Waals surface area contributed by atoms with Gasteiger partial charge in [-0.15, -0.1) is 0 Å². The maximum Gasteiger partial charge on any atom is 0.238 e. The highest BCUT2D eigenvalue weighted by Gasteiger charge is 2.23. The molecule has 3 rings (SSSR count). The molecule has 138 valence electrons. The van der Waals surface area contributed by atoms with E-state index in [2.05, 4.69) is 36.2 Å². The minimum absolute atomic E-state index is 0.121. The molecule has 4 nitrogen and oxygen atoms in total. The Balaban J connectivity index is 1.47. The minimum atomic E-state index is -0.354. The number of rotatable bonds is 5. The lowest BCUT2D eigenvalue weighted by atomic mass is 10.1. The summed E-state index contributed by atoms with van der Waals surface area (Å²) in [5.41, 5.74) is 2.80. The van der Waals surface area contributed by atoms with Crippen molar-refractivity contribution in [2.45, 2.75) is 32.8 Å². The van der Waals surface area contributed by atoms with Crippen LogP contribution in [0.2, 0.25) is 0 Å². The number of hydrogen-bond donors (Lipinski definition) is 1. The zero-order valence-electron chi connectivity index (χ0n) is 15.3. The van der Waals surface area contributed by atoms with Gasteiger partial charge >= 0.3 is 0 Å². The van der Waals surface area contributed by atoms with E-state index in [1.807, 2.05) is 6.07 Å². The van der Waals surface area contributed by atoms with Crippen molar-refractivity contribution in [3.05, 3.63) is 59.4 Å². The highest BCUT2D eigenvalue weighted by Crippen LogP contribution is 2.26. The second kappa shape index (κ2) is 8.32. The number of nitrogens with one attached hydrogen (secondary N) is 1. The van der Waals surface area contributed by atoms with Gasteiger partial charge in [0.05, 0.1) is 6.54 Å². The molecule has 2 aromatic carbocycles. The van der Waals surface area contributed by atoms with Crippen LogP contribution < -0.4 is 10.1 Å². The number of benzene rings is 2. The molecular weight excluding hydrogens is 331 g/mol. The number of piperidine rings is 1. The van der Waals surface area contributed by atoms with Gasteiger partial charge in [0.25, 0.3) is 0 Å². The number of hydrogen-bond acceptors (Lipinski definition) is 3. The molecule has 26 heavy (non-hydrogen) atoms. The number of carbonyl (C=O) groups excluding carboxylic acids is 1. The summed E-state index contributed by atoms with van der Waals surface area (Å²) < 4.78 is 19.4. The van der Waals surface area contributed by atoms with Gasteiger partial charge in [0.2, 0.25) is 5.91 Å². The molecule has 0 radical (unpaired) electrons. The molecular formula is C21H25FN2O2. The number of aryl methyl sites for hydroxylation is 2. The van der Waals surface area contributed by atoms with Crippen molar-refractivity contribution in [2.75, 3.05) is 25.0 Å². The highest BCUT2D eigenvalue weighted by atomic mass is 19.1. The van der Waals surface area contributed by atoms with Gasteiger partial charge in [-0.3, -0.25) is 9.69 Å². The van der Waals surface area contributed by atoms with Crippen molar-refractivity contribution in [3.8, 4) is 5.75 Å². The number of ether oxygens (including phenoxy) is 1. The number of likely N-dealkylation sites (tertiary alicyclic amines) is 1. The molecule has 0 bridgehead atoms. The molecule has 0 saturated carbocycles. The Morgan fingerprint density at radius 2 is 1.81 bits per heavy atom. The molecule has 1 heterocycles. The van der Waals surface area contributed by atoms with Crippen molar-refractivity contribution < 1.29 is 13.9 Å². The van der Waals surface area contributed by atoms with Crippen LogP contribution in [0.3, 0.4) is 0 Å². The van der Waals surface area contributed by atoms with Crippen LogP contribution in [0.25, 0.3) is 0 Å². The first-order valence-electron chi connectivity index (χ1n) is 9.02. The summed E-state index contributed by atoms with van der Waals surface area (Å²) in [6, 6.07) is 12.1. The Morgan fingerprint density at radius 3 is 2.46 bits per heavy atom. The van der Waals surface area contributed by atoms with Gasteiger partial charge in [-0.2, -0.15) is 0 Å². The minimum Gasteiger partial charge on any atom is -0.490 e. The summed E-state index contributed by atoms with van der Waals surface area (Å²) in [6.45, 7) is 6.06. The summed E-state index contributed by atoms with van der Waals surface area (Å²) in [4.78, 5) is 14.3. The largest absolute Gasteiger partial charge is 0.490 e. The van der Waals surface area contributed by atoms with E-state index in [4.69, 9.17) is 4.74 Å². The predicted octanol–water partition coefficient (Wildman–Crippen LogP) is 3.92. The summed E-state index contributed by atoms with van der Waals surface area (Å²) in [5.74, 6) is 0.506. The van der Waals surface area contributed by atoms with Gasteiger partial charge in [0, 0.05) is 18.8 Å². The van der Waals surface area contributed by atoms with E-state index in [1.54, 1.807) is 12.1 Å². The fourth-order valence-corrected chi connectivity index (χ4v) is 3.31. The monoisotopic (exact) mass is 356 g/mol. The molecule has 0 aromatic heterocycles. The van der Waals surface area contributed by atoms with Crippen LogP contribution in [0.15, 0.2) is 42.5 Å². The van der Waals surface area contributed by atoms with E-state index in [9.17, 15) is 9.18 Å². The van der Waals surface area contributed by atoms with Crippen LogP contribution in [0, 0.1) is 19.7 Å². The molecule has 1 amide bonds. The molecule has 1 aliphatic heterocycles. The number of amides is 1. The van der Waals surface area contributed by atoms with Crippen molar-refractivity contribution in [2.24, 2.45) is 0 Å². The molecule has 0 spiro atoms. The second-order valence-electron chi connectivity index (χ2n) is 6.87. The molecule has 0 aliphatic carbocycles. The third-order valence-electron chi connectivity index (χ3n) is 4.70. The summed E-state index contributed by atoms with van der Waals surface area (Å²) in [5, 5.41) is 2.74. The molecule has 1 N–H and O–H groups in total. The molecule has 2 aromatic rings. The Labute approximate surface area is 154 Å². The number of halogens is 1. The Bertz CT molecular complexity index is 750. The fourth-order valence-electron chi connectivity index (χ4n) is 3.31. The number of carbonyl (C=O) groups is 1. The zero-order valence-corrected chi connectivity index (χ0v) is 15.3. The van der Waals surface area contributed by atoms with Gasteiger partial charge in [0.15, 0.2) is 0 Å². The van der Waals surface area contributed by atoms with E-state index in [-0.39, 0.29) is 17.8 Å². The third kappa shape index (κ3) is 4.82. The first kappa shape index (κ1) is 18.4. The Hall–Kier alpha value is -2.40. The standard InChI is InChI=1S/C21H25FN2O2/c1-15-5-3-6-16(2)21(15)26-19-9-11-24(12-10-19)14-20(25)23-18-8-4-7-17(22)13-18/h3-8,13,19H,9-12,14H2,1-2H3,(H,23,25). The van der Waals surface area contributed by atoms with Crippen molar-refractivity contribution in [3.63, 3.8) is 0 Å². The summed E-state index contributed by atoms with van der Waals surface area (Å²) in [6.07, 6.45) is 1.96. The Morgan fingerprint density at radius 1 is 1.15 bits per heavy atom. The quantitative estimate of drug-likeness (QED) is 0.883. The number of nitrogens with zero attached hydrogens (tertiary/aromatic N) is 1. The van der Waals surface area contributed by atoms with Crippen molar-refractivity contribution in [1.29, 1.82) is 0 Å². The van der Waals surface area contributed by atoms with E-state index in [0.29, 0.717) is 12.2 Å². The van der Waals surface area contributed by atoms with Crippen LogP contribution in [0.4, 0.5) is 10.1 Å². The normalized spacial score (nSPS) is 15.7. The Kier molecular flexibility index (Phi) is 5.89. The van der Waals surface area contributed by atoms with Crippen molar-refractivity contribution >= 4 is 11.6 Å². The van der Waals surface area contributed by atoms with Gasteiger partial charge < -0.3 is 10.1 Å². The lowest BCUT2D eigenvalue weighted by molar-refractivity contribution is -0.117. The van der Waals surface area contributed by atoms with Crippen molar-refractivity contribution in [1.82, 2.24) is 4.90 Å². The first-order chi connectivity index (χ1) is 12.5. The third-order valence-corrected chi connectivity index (χ3v) is 4.70. The molecule has 0 atom stereocenters. The predicted molar refractivity (Wildman–Crippen MR) is 101 cm³/mol. The zero-order chi connectivity index (χ0) is 18.5. The van der Waals surface area contributed by atoms with Gasteiger partial charge in [-0.05, 0) is 56.0 Å². The maximum atomic E-state index is 13.2. The topological polar surface area (TPSA) is 41.6 Å². The molecule has 0 unspecified atom stereocenters. The van der Waals surface area contributed by atoms with Gasteiger partial charge in [-0.25, -0.2) is 4.39 Å². The maximum absolute atomic E-state index is 13.2. The first-order valence-corrected chi connectivity index (χ1v) is 9.02. The molecule has 5 heteroatoms. The number of para-hydroxylation sites is 1. The van der Waals surface area contributed by atoms with Gasteiger partial charge in [0.1, 0.15) is 17.7 Å². The molecule has 1 aliphatic rings. The van der Waals surface area contributed by atoms with Crippen LogP contribution >= 0.6 is 0 Å². The SMILES string of the molecule is Cc1cccc(C)c1OC1CCN(CC(=O)Nc2cccc(F)c2)CC1. The smallest absolute Gasteiger partial charge is 0.238 e. The number of anilines is 1. The van der Waals surface area contributed by atoms with E-state index >= 15 is 0 Å². The van der Waals surface area contributed by atoms with E-state index in [1.165, 1.54) is 12.1 Å². The van der Waals surface area contributed by atoms with Crippen LogP contribution in [-0.4, -0.2) is 36.5 Å². The fraction of sp³-hybridized carbons (Fsp3) is 0.381. The highest BCUT2D eigenvalue weighted by molar-refractivity contribution is 5.92. The lowest BCUT2D eigenvalue weighted by Gasteiger charge is -2.32. The van der Waals surface area contributed by atoms with Crippen LogP contribution in [0.5, 0.6) is 5.75 Å². The van der Waals surface area contributed by atoms with Crippen LogP contribution in [0.1, 0.15) is 24.0 Å². The van der Waals surface area contributed by atoms with E-state index in [0.717, 1.165) is 42.8 Å². The molecule has 1 fully saturated rings. The van der Waals surface area contributed by atoms with E-state index < -0.39 is 0 Å².